The fourth-order valence-corrected chi connectivity index (χ4v) is 2.61. The summed E-state index contributed by atoms with van der Waals surface area (Å²) in [6.07, 6.45) is 9.06. The highest BCUT2D eigenvalue weighted by Gasteiger charge is 2.10. The molecule has 0 radical (unpaired) electrons. The third kappa shape index (κ3) is 6.44. The molecule has 0 spiro atoms. The van der Waals surface area contributed by atoms with E-state index in [1.54, 1.807) is 18.2 Å². The molecule has 0 saturated heterocycles. The number of carbonyl (C=O) groups excluding carboxylic acids is 1. The van der Waals surface area contributed by atoms with Gasteiger partial charge in [0.05, 0.1) is 5.02 Å². The Hall–Kier alpha value is -0.530. The number of carbonyl (C=O) groups is 1. The summed E-state index contributed by atoms with van der Waals surface area (Å²) in [4.78, 5) is 12.0. The Bertz CT molecular complexity index is 402. The first-order valence-corrected chi connectivity index (χ1v) is 7.89. The predicted molar refractivity (Wildman–Crippen MR) is 83.4 cm³/mol. The molecule has 1 rings (SSSR count). The number of unbranched alkanes of at least 4 members (excludes halogenated alkanes) is 6. The van der Waals surface area contributed by atoms with Gasteiger partial charge in [0, 0.05) is 17.0 Å². The van der Waals surface area contributed by atoms with E-state index in [1.165, 1.54) is 32.1 Å². The molecule has 0 heterocycles. The Labute approximate surface area is 126 Å². The molecule has 0 aliphatic carbocycles. The lowest BCUT2D eigenvalue weighted by Crippen LogP contribution is -1.99. The summed E-state index contributed by atoms with van der Waals surface area (Å²) in [6, 6.07) is 5.06. The first kappa shape index (κ1) is 16.5. The topological polar surface area (TPSA) is 17.1 Å². The lowest BCUT2D eigenvalue weighted by atomic mass is 10.0. The summed E-state index contributed by atoms with van der Waals surface area (Å²) in [5.41, 5.74) is 0.594. The van der Waals surface area contributed by atoms with Gasteiger partial charge in [-0.15, -0.1) is 0 Å². The molecule has 106 valence electrons. The SMILES string of the molecule is CCCCCCCCCC(=O)c1ccc(Cl)cc1Cl. The lowest BCUT2D eigenvalue weighted by molar-refractivity contribution is 0.0979. The van der Waals surface area contributed by atoms with Gasteiger partial charge < -0.3 is 0 Å². The first-order valence-electron chi connectivity index (χ1n) is 7.13. The Morgan fingerprint density at radius 3 is 2.26 bits per heavy atom. The molecule has 1 aromatic carbocycles. The Morgan fingerprint density at radius 2 is 1.63 bits per heavy atom. The second-order valence-corrected chi connectivity index (χ2v) is 5.76. The number of Topliss-reactive ketones (excluding diaryl/α,β-unsaturated/α-hetero) is 1. The van der Waals surface area contributed by atoms with E-state index in [1.807, 2.05) is 0 Å². The van der Waals surface area contributed by atoms with Gasteiger partial charge in [-0.1, -0.05) is 68.7 Å². The molecule has 0 unspecified atom stereocenters. The maximum atomic E-state index is 12.0. The normalized spacial score (nSPS) is 10.7. The van der Waals surface area contributed by atoms with Gasteiger partial charge in [0.1, 0.15) is 0 Å². The molecule has 0 aliphatic rings. The summed E-state index contributed by atoms with van der Waals surface area (Å²) >= 11 is 11.8. The predicted octanol–water partition coefficient (Wildman–Crippen LogP) is 6.32. The van der Waals surface area contributed by atoms with Gasteiger partial charge in [-0.3, -0.25) is 4.79 Å². The minimum Gasteiger partial charge on any atom is -0.294 e. The van der Waals surface area contributed by atoms with Crippen molar-refractivity contribution >= 4 is 29.0 Å². The molecule has 0 N–H and O–H groups in total. The van der Waals surface area contributed by atoms with Crippen molar-refractivity contribution in [2.45, 2.75) is 58.3 Å². The molecule has 0 amide bonds. The van der Waals surface area contributed by atoms with E-state index in [4.69, 9.17) is 23.2 Å². The van der Waals surface area contributed by atoms with Crippen LogP contribution in [0.1, 0.15) is 68.6 Å². The van der Waals surface area contributed by atoms with Gasteiger partial charge >= 0.3 is 0 Å². The summed E-state index contributed by atoms with van der Waals surface area (Å²) in [5, 5.41) is 1.03. The van der Waals surface area contributed by atoms with Gasteiger partial charge in [0.2, 0.25) is 0 Å². The van der Waals surface area contributed by atoms with Crippen molar-refractivity contribution in [3.8, 4) is 0 Å². The molecule has 0 atom stereocenters. The Morgan fingerprint density at radius 1 is 1.00 bits per heavy atom. The highest BCUT2D eigenvalue weighted by atomic mass is 35.5. The van der Waals surface area contributed by atoms with Crippen LogP contribution in [0.5, 0.6) is 0 Å². The van der Waals surface area contributed by atoms with Crippen molar-refractivity contribution in [2.75, 3.05) is 0 Å². The van der Waals surface area contributed by atoms with Crippen LogP contribution in [0.15, 0.2) is 18.2 Å². The van der Waals surface area contributed by atoms with E-state index in [9.17, 15) is 4.79 Å². The van der Waals surface area contributed by atoms with Crippen LogP contribution in [0.25, 0.3) is 0 Å². The van der Waals surface area contributed by atoms with E-state index < -0.39 is 0 Å². The van der Waals surface area contributed by atoms with E-state index in [2.05, 4.69) is 6.92 Å². The Kier molecular flexibility index (Phi) is 8.16. The van der Waals surface area contributed by atoms with Crippen molar-refractivity contribution in [2.24, 2.45) is 0 Å². The van der Waals surface area contributed by atoms with Crippen LogP contribution in [0.3, 0.4) is 0 Å². The number of hydrogen-bond donors (Lipinski definition) is 0. The van der Waals surface area contributed by atoms with Crippen LogP contribution < -0.4 is 0 Å². The van der Waals surface area contributed by atoms with Gasteiger partial charge in [0.15, 0.2) is 5.78 Å². The second-order valence-electron chi connectivity index (χ2n) is 4.92. The maximum absolute atomic E-state index is 12.0. The Balaban J connectivity index is 2.24. The van der Waals surface area contributed by atoms with E-state index in [-0.39, 0.29) is 5.78 Å². The van der Waals surface area contributed by atoms with E-state index >= 15 is 0 Å². The van der Waals surface area contributed by atoms with E-state index in [0.29, 0.717) is 22.0 Å². The lowest BCUT2D eigenvalue weighted by Gasteiger charge is -2.04. The number of ketones is 1. The first-order chi connectivity index (χ1) is 9.15. The van der Waals surface area contributed by atoms with Crippen molar-refractivity contribution in [1.82, 2.24) is 0 Å². The van der Waals surface area contributed by atoms with Crippen molar-refractivity contribution < 1.29 is 4.79 Å². The smallest absolute Gasteiger partial charge is 0.164 e. The summed E-state index contributed by atoms with van der Waals surface area (Å²) in [5.74, 6) is 0.121. The molecule has 19 heavy (non-hydrogen) atoms. The zero-order chi connectivity index (χ0) is 14.1. The largest absolute Gasteiger partial charge is 0.294 e. The fraction of sp³-hybridized carbons (Fsp3) is 0.562. The van der Waals surface area contributed by atoms with Gasteiger partial charge in [-0.2, -0.15) is 0 Å². The van der Waals surface area contributed by atoms with Crippen LogP contribution in [0, 0.1) is 0 Å². The van der Waals surface area contributed by atoms with Crippen LogP contribution >= 0.6 is 23.2 Å². The van der Waals surface area contributed by atoms with Gasteiger partial charge in [-0.05, 0) is 24.6 Å². The molecule has 0 aromatic heterocycles. The van der Waals surface area contributed by atoms with Crippen molar-refractivity contribution in [3.63, 3.8) is 0 Å². The van der Waals surface area contributed by atoms with Crippen molar-refractivity contribution in [1.29, 1.82) is 0 Å². The summed E-state index contributed by atoms with van der Waals surface area (Å²) in [7, 11) is 0. The fourth-order valence-electron chi connectivity index (χ4n) is 2.09. The summed E-state index contributed by atoms with van der Waals surface area (Å²) in [6.45, 7) is 2.22. The van der Waals surface area contributed by atoms with Crippen LogP contribution in [-0.2, 0) is 0 Å². The minimum absolute atomic E-state index is 0.121. The molecule has 0 saturated carbocycles. The average molecular weight is 301 g/mol. The molecule has 1 aromatic rings. The standard InChI is InChI=1S/C16H22Cl2O/c1-2-3-4-5-6-7-8-9-16(19)14-11-10-13(17)12-15(14)18/h10-12H,2-9H2,1H3. The quantitative estimate of drug-likeness (QED) is 0.385. The third-order valence-corrected chi connectivity index (χ3v) is 3.79. The third-order valence-electron chi connectivity index (χ3n) is 3.24. The maximum Gasteiger partial charge on any atom is 0.164 e. The minimum atomic E-state index is 0.121. The molecule has 1 nitrogen and oxygen atoms in total. The van der Waals surface area contributed by atoms with Crippen LogP contribution in [-0.4, -0.2) is 5.78 Å². The summed E-state index contributed by atoms with van der Waals surface area (Å²) < 4.78 is 0. The second kappa shape index (κ2) is 9.39. The average Bonchev–Trinajstić information content (AvgIpc) is 2.37. The number of hydrogen-bond acceptors (Lipinski definition) is 1. The molecule has 0 bridgehead atoms. The zero-order valence-electron chi connectivity index (χ0n) is 11.6. The highest BCUT2D eigenvalue weighted by Crippen LogP contribution is 2.23. The number of rotatable bonds is 9. The number of benzene rings is 1. The van der Waals surface area contributed by atoms with Crippen LogP contribution in [0.4, 0.5) is 0 Å². The van der Waals surface area contributed by atoms with Crippen LogP contribution in [0.2, 0.25) is 10.0 Å². The molecule has 0 aliphatic heterocycles. The van der Waals surface area contributed by atoms with E-state index in [0.717, 1.165) is 12.8 Å². The van der Waals surface area contributed by atoms with Gasteiger partial charge in [-0.25, -0.2) is 0 Å². The molecular weight excluding hydrogens is 279 g/mol. The molecule has 3 heteroatoms. The highest BCUT2D eigenvalue weighted by molar-refractivity contribution is 6.36. The molecular formula is C16H22Cl2O. The zero-order valence-corrected chi connectivity index (χ0v) is 13.1. The number of halogens is 2. The van der Waals surface area contributed by atoms with Crippen molar-refractivity contribution in [3.05, 3.63) is 33.8 Å². The molecule has 0 fully saturated rings. The van der Waals surface area contributed by atoms with Gasteiger partial charge in [0.25, 0.3) is 0 Å². The monoisotopic (exact) mass is 300 g/mol.